The quantitative estimate of drug-likeness (QED) is 0.509. The second-order valence-corrected chi connectivity index (χ2v) is 6.09. The number of nitrogens with zero attached hydrogens (tertiary/aromatic N) is 1. The van der Waals surface area contributed by atoms with E-state index in [9.17, 15) is 14.9 Å². The molecule has 2 unspecified atom stereocenters. The van der Waals surface area contributed by atoms with E-state index in [1.807, 2.05) is 0 Å². The minimum absolute atomic E-state index is 0.0351. The van der Waals surface area contributed by atoms with E-state index in [0.29, 0.717) is 23.8 Å². The number of nitrogens with one attached hydrogen (secondary N) is 1. The molecular formula is C16H20N2O5. The van der Waals surface area contributed by atoms with Crippen LogP contribution in [0.5, 0.6) is 0 Å². The molecule has 1 aromatic rings. The lowest BCUT2D eigenvalue weighted by molar-refractivity contribution is -0.384. The van der Waals surface area contributed by atoms with E-state index in [0.717, 1.165) is 12.8 Å². The van der Waals surface area contributed by atoms with Crippen LogP contribution in [0.2, 0.25) is 0 Å². The standard InChI is InChI=1S/C16H20N2O5/c1-22-16(19)11-4-5-14(18(20)21)13(8-11)17-12-6-7-23-15(9-12)10-2-3-10/h4-5,8,10,12,15,17H,2-3,6-7,9H2,1H3. The van der Waals surface area contributed by atoms with Crippen LogP contribution >= 0.6 is 0 Å². The molecule has 0 bridgehead atoms. The van der Waals surface area contributed by atoms with Gasteiger partial charge in [-0.2, -0.15) is 0 Å². The van der Waals surface area contributed by atoms with Crippen molar-refractivity contribution in [2.75, 3.05) is 19.0 Å². The van der Waals surface area contributed by atoms with Gasteiger partial charge in [0.25, 0.3) is 5.69 Å². The first kappa shape index (κ1) is 15.7. The summed E-state index contributed by atoms with van der Waals surface area (Å²) in [6, 6.07) is 4.35. The largest absolute Gasteiger partial charge is 0.465 e. The van der Waals surface area contributed by atoms with Gasteiger partial charge >= 0.3 is 5.97 Å². The number of nitro benzene ring substituents is 1. The summed E-state index contributed by atoms with van der Waals surface area (Å²) in [4.78, 5) is 22.4. The topological polar surface area (TPSA) is 90.7 Å². The Morgan fingerprint density at radius 3 is 2.83 bits per heavy atom. The maximum absolute atomic E-state index is 11.6. The maximum atomic E-state index is 11.6. The molecule has 2 aliphatic rings. The van der Waals surface area contributed by atoms with Gasteiger partial charge in [0.05, 0.1) is 23.7 Å². The second-order valence-electron chi connectivity index (χ2n) is 6.09. The fraction of sp³-hybridized carbons (Fsp3) is 0.562. The molecule has 2 atom stereocenters. The van der Waals surface area contributed by atoms with Gasteiger partial charge in [-0.05, 0) is 43.7 Å². The van der Waals surface area contributed by atoms with E-state index in [2.05, 4.69) is 10.1 Å². The van der Waals surface area contributed by atoms with Crippen molar-refractivity contribution < 1.29 is 19.2 Å². The van der Waals surface area contributed by atoms with E-state index in [1.165, 1.54) is 38.2 Å². The molecule has 1 aromatic carbocycles. The van der Waals surface area contributed by atoms with Gasteiger partial charge < -0.3 is 14.8 Å². The van der Waals surface area contributed by atoms with Gasteiger partial charge in [-0.25, -0.2) is 4.79 Å². The first-order chi connectivity index (χ1) is 11.1. The number of esters is 1. The molecule has 7 heteroatoms. The summed E-state index contributed by atoms with van der Waals surface area (Å²) >= 11 is 0. The molecule has 7 nitrogen and oxygen atoms in total. The molecule has 0 spiro atoms. The van der Waals surface area contributed by atoms with Crippen LogP contribution in [0.15, 0.2) is 18.2 Å². The Hall–Kier alpha value is -2.15. The Balaban J connectivity index is 1.78. The first-order valence-corrected chi connectivity index (χ1v) is 7.83. The van der Waals surface area contributed by atoms with Crippen molar-refractivity contribution in [1.29, 1.82) is 0 Å². The van der Waals surface area contributed by atoms with Gasteiger partial charge in [-0.1, -0.05) is 0 Å². The van der Waals surface area contributed by atoms with Crippen LogP contribution in [0, 0.1) is 16.0 Å². The third-order valence-electron chi connectivity index (χ3n) is 4.44. The van der Waals surface area contributed by atoms with E-state index in [-0.39, 0.29) is 17.8 Å². The SMILES string of the molecule is COC(=O)c1ccc([N+](=O)[O-])c(NC2CCOC(C3CC3)C2)c1. The normalized spacial score (nSPS) is 24.0. The number of hydrogen-bond donors (Lipinski definition) is 1. The number of carbonyl (C=O) groups excluding carboxylic acids is 1. The van der Waals surface area contributed by atoms with Crippen molar-refractivity contribution in [3.63, 3.8) is 0 Å². The maximum Gasteiger partial charge on any atom is 0.337 e. The van der Waals surface area contributed by atoms with E-state index in [4.69, 9.17) is 4.74 Å². The van der Waals surface area contributed by atoms with Crippen LogP contribution in [0.4, 0.5) is 11.4 Å². The number of methoxy groups -OCH3 is 1. The number of anilines is 1. The average molecular weight is 320 g/mol. The van der Waals surface area contributed by atoms with Gasteiger partial charge in [0.2, 0.25) is 0 Å². The zero-order valence-corrected chi connectivity index (χ0v) is 13.0. The van der Waals surface area contributed by atoms with Crippen molar-refractivity contribution in [3.05, 3.63) is 33.9 Å². The first-order valence-electron chi connectivity index (χ1n) is 7.83. The molecule has 1 aliphatic carbocycles. The third kappa shape index (κ3) is 3.61. The lowest BCUT2D eigenvalue weighted by Crippen LogP contribution is -2.35. The highest BCUT2D eigenvalue weighted by Crippen LogP contribution is 2.39. The molecule has 3 rings (SSSR count). The monoisotopic (exact) mass is 320 g/mol. The van der Waals surface area contributed by atoms with Gasteiger partial charge in [-0.15, -0.1) is 0 Å². The molecule has 1 saturated carbocycles. The zero-order chi connectivity index (χ0) is 16.4. The fourth-order valence-corrected chi connectivity index (χ4v) is 3.03. The van der Waals surface area contributed by atoms with Crippen LogP contribution in [-0.4, -0.2) is 36.8 Å². The van der Waals surface area contributed by atoms with Crippen molar-refractivity contribution in [2.24, 2.45) is 5.92 Å². The molecule has 0 aromatic heterocycles. The van der Waals surface area contributed by atoms with Crippen LogP contribution in [-0.2, 0) is 9.47 Å². The molecule has 1 N–H and O–H groups in total. The molecule has 2 fully saturated rings. The Morgan fingerprint density at radius 1 is 1.39 bits per heavy atom. The van der Waals surface area contributed by atoms with E-state index < -0.39 is 10.9 Å². The van der Waals surface area contributed by atoms with Crippen molar-refractivity contribution >= 4 is 17.3 Å². The molecule has 0 amide bonds. The van der Waals surface area contributed by atoms with E-state index >= 15 is 0 Å². The molecule has 1 aliphatic heterocycles. The molecule has 0 radical (unpaired) electrons. The highest BCUT2D eigenvalue weighted by Gasteiger charge is 2.36. The Bertz CT molecular complexity index is 614. The van der Waals surface area contributed by atoms with Crippen LogP contribution in [0.1, 0.15) is 36.0 Å². The van der Waals surface area contributed by atoms with Gasteiger partial charge in [-0.3, -0.25) is 10.1 Å². The number of carbonyl (C=O) groups is 1. The smallest absolute Gasteiger partial charge is 0.337 e. The third-order valence-corrected chi connectivity index (χ3v) is 4.44. The predicted molar refractivity (Wildman–Crippen MR) is 83.5 cm³/mol. The van der Waals surface area contributed by atoms with Gasteiger partial charge in [0, 0.05) is 18.7 Å². The number of benzene rings is 1. The summed E-state index contributed by atoms with van der Waals surface area (Å²) in [7, 11) is 1.29. The number of hydrogen-bond acceptors (Lipinski definition) is 6. The molecule has 1 heterocycles. The molecule has 23 heavy (non-hydrogen) atoms. The minimum Gasteiger partial charge on any atom is -0.465 e. The van der Waals surface area contributed by atoms with Crippen molar-refractivity contribution in [2.45, 2.75) is 37.8 Å². The fourth-order valence-electron chi connectivity index (χ4n) is 3.03. The summed E-state index contributed by atoms with van der Waals surface area (Å²) in [5, 5.41) is 14.5. The van der Waals surface area contributed by atoms with Crippen molar-refractivity contribution in [1.82, 2.24) is 0 Å². The number of rotatable bonds is 5. The summed E-state index contributed by atoms with van der Waals surface area (Å²) in [6.45, 7) is 0.656. The average Bonchev–Trinajstić information content (AvgIpc) is 3.39. The number of ether oxygens (including phenoxy) is 2. The van der Waals surface area contributed by atoms with Crippen molar-refractivity contribution in [3.8, 4) is 0 Å². The minimum atomic E-state index is -0.509. The lowest BCUT2D eigenvalue weighted by atomic mass is 9.99. The Kier molecular flexibility index (Phi) is 4.47. The molecule has 1 saturated heterocycles. The van der Waals surface area contributed by atoms with Gasteiger partial charge in [0.15, 0.2) is 0 Å². The summed E-state index contributed by atoms with van der Waals surface area (Å²) < 4.78 is 10.5. The zero-order valence-electron chi connectivity index (χ0n) is 13.0. The lowest BCUT2D eigenvalue weighted by Gasteiger charge is -2.30. The highest BCUT2D eigenvalue weighted by molar-refractivity contribution is 5.91. The van der Waals surface area contributed by atoms with Gasteiger partial charge in [0.1, 0.15) is 5.69 Å². The second kappa shape index (κ2) is 6.54. The summed E-state index contributed by atoms with van der Waals surface area (Å²) in [6.07, 6.45) is 4.28. The van der Waals surface area contributed by atoms with E-state index in [1.54, 1.807) is 0 Å². The van der Waals surface area contributed by atoms with Crippen LogP contribution in [0.25, 0.3) is 0 Å². The number of nitro groups is 1. The van der Waals surface area contributed by atoms with Crippen LogP contribution in [0.3, 0.4) is 0 Å². The summed E-state index contributed by atoms with van der Waals surface area (Å²) in [5.41, 5.74) is 0.623. The Morgan fingerprint density at radius 2 is 2.17 bits per heavy atom. The Labute approximate surface area is 134 Å². The highest BCUT2D eigenvalue weighted by atomic mass is 16.6. The summed E-state index contributed by atoms with van der Waals surface area (Å²) in [5.74, 6) is 0.127. The molecular weight excluding hydrogens is 300 g/mol. The molecule has 124 valence electrons. The van der Waals surface area contributed by atoms with Crippen LogP contribution < -0.4 is 5.32 Å². The predicted octanol–water partition coefficient (Wildman–Crippen LogP) is 2.75.